The van der Waals surface area contributed by atoms with Crippen LogP contribution >= 0.6 is 24.0 Å². The Labute approximate surface area is 195 Å². The van der Waals surface area contributed by atoms with Gasteiger partial charge in [0, 0.05) is 20.2 Å². The molecule has 0 aromatic heterocycles. The molecule has 0 aliphatic carbocycles. The number of hydrogen-bond donors (Lipinski definition) is 2. The number of nitrogens with zero attached hydrogens (tertiary/aromatic N) is 2. The highest BCUT2D eigenvalue weighted by molar-refractivity contribution is 14.0. The maximum Gasteiger partial charge on any atom is 0.241 e. The number of amides is 1. The van der Waals surface area contributed by atoms with E-state index in [0.717, 1.165) is 17.1 Å². The maximum atomic E-state index is 11.9. The second kappa shape index (κ2) is 13.7. The minimum atomic E-state index is -0.115. The molecule has 2 N–H and O–H groups in total. The van der Waals surface area contributed by atoms with E-state index in [0.29, 0.717) is 19.0 Å². The molecule has 1 unspecified atom stereocenters. The number of hydrogen-bond acceptors (Lipinski definition) is 4. The summed E-state index contributed by atoms with van der Waals surface area (Å²) >= 11 is 0. The zero-order chi connectivity index (χ0) is 21.1. The quantitative estimate of drug-likeness (QED) is 0.299. The van der Waals surface area contributed by atoms with Crippen LogP contribution in [0.2, 0.25) is 0 Å². The largest absolute Gasteiger partial charge is 0.497 e. The predicted molar refractivity (Wildman–Crippen MR) is 131 cm³/mol. The van der Waals surface area contributed by atoms with Gasteiger partial charge in [0.25, 0.3) is 0 Å². The van der Waals surface area contributed by atoms with Crippen LogP contribution in [0.3, 0.4) is 0 Å². The molecule has 2 aromatic carbocycles. The van der Waals surface area contributed by atoms with Crippen LogP contribution < -0.4 is 20.1 Å². The lowest BCUT2D eigenvalue weighted by atomic mass is 10.2. The first kappa shape index (κ1) is 25.5. The molecule has 1 amide bonds. The fraction of sp³-hybridized carbons (Fsp3) is 0.364. The number of nitrogens with one attached hydrogen (secondary N) is 2. The number of likely N-dealkylation sites (N-methyl/N-ethyl adjacent to an activating group) is 1. The van der Waals surface area contributed by atoms with Crippen LogP contribution in [0.4, 0.5) is 0 Å². The van der Waals surface area contributed by atoms with Crippen molar-refractivity contribution in [3.8, 4) is 11.5 Å². The van der Waals surface area contributed by atoms with E-state index < -0.39 is 0 Å². The van der Waals surface area contributed by atoms with Gasteiger partial charge in [-0.25, -0.2) is 4.99 Å². The van der Waals surface area contributed by atoms with E-state index in [1.54, 1.807) is 21.2 Å². The van der Waals surface area contributed by atoms with Crippen molar-refractivity contribution < 1.29 is 14.3 Å². The van der Waals surface area contributed by atoms with E-state index >= 15 is 0 Å². The van der Waals surface area contributed by atoms with Gasteiger partial charge in [-0.1, -0.05) is 36.4 Å². The lowest BCUT2D eigenvalue weighted by Gasteiger charge is -2.19. The standard InChI is InChI=1S/C22H30N4O3.HI/c1-17(29-20-12-8-11-19(13-20)28-4)14-23-22(25-16-21(27)26(2)3)24-15-18-9-6-5-7-10-18;/h5-13,17H,14-16H2,1-4H3,(H2,23,24,25);1H. The molecule has 0 radical (unpaired) electrons. The van der Waals surface area contributed by atoms with Crippen molar-refractivity contribution in [1.29, 1.82) is 0 Å². The van der Waals surface area contributed by atoms with Gasteiger partial charge in [0.1, 0.15) is 17.6 Å². The number of halogens is 1. The number of guanidine groups is 1. The third-order valence-corrected chi connectivity index (χ3v) is 4.10. The molecule has 0 spiro atoms. The molecular formula is C22H31IN4O3. The molecule has 0 aliphatic rings. The van der Waals surface area contributed by atoms with Gasteiger partial charge in [0.2, 0.25) is 5.91 Å². The molecule has 0 heterocycles. The summed E-state index contributed by atoms with van der Waals surface area (Å²) in [5.41, 5.74) is 1.09. The van der Waals surface area contributed by atoms with Crippen molar-refractivity contribution in [3.63, 3.8) is 0 Å². The van der Waals surface area contributed by atoms with Crippen molar-refractivity contribution in [1.82, 2.24) is 15.5 Å². The van der Waals surface area contributed by atoms with Crippen molar-refractivity contribution in [2.75, 3.05) is 34.3 Å². The summed E-state index contributed by atoms with van der Waals surface area (Å²) < 4.78 is 11.2. The molecule has 2 rings (SSSR count). The number of ether oxygens (including phenoxy) is 2. The maximum absolute atomic E-state index is 11.9. The van der Waals surface area contributed by atoms with Gasteiger partial charge in [-0.3, -0.25) is 4.79 Å². The van der Waals surface area contributed by atoms with Crippen LogP contribution in [-0.4, -0.2) is 57.2 Å². The Morgan fingerprint density at radius 2 is 1.77 bits per heavy atom. The molecule has 2 aromatic rings. The summed E-state index contributed by atoms with van der Waals surface area (Å²) in [6.45, 7) is 3.16. The Kier molecular flexibility index (Phi) is 11.7. The van der Waals surface area contributed by atoms with Crippen molar-refractivity contribution in [3.05, 3.63) is 60.2 Å². The van der Waals surface area contributed by atoms with Crippen LogP contribution in [0, 0.1) is 0 Å². The van der Waals surface area contributed by atoms with Crippen LogP contribution in [-0.2, 0) is 11.3 Å². The normalized spacial score (nSPS) is 11.7. The Morgan fingerprint density at radius 3 is 2.43 bits per heavy atom. The molecule has 0 fully saturated rings. The third-order valence-electron chi connectivity index (χ3n) is 4.10. The van der Waals surface area contributed by atoms with Crippen molar-refractivity contribution in [2.24, 2.45) is 4.99 Å². The topological polar surface area (TPSA) is 75.2 Å². The highest BCUT2D eigenvalue weighted by Crippen LogP contribution is 2.19. The van der Waals surface area contributed by atoms with E-state index in [4.69, 9.17) is 9.47 Å². The first-order valence-electron chi connectivity index (χ1n) is 9.55. The van der Waals surface area contributed by atoms with Gasteiger partial charge in [-0.05, 0) is 24.6 Å². The fourth-order valence-electron chi connectivity index (χ4n) is 2.43. The zero-order valence-corrected chi connectivity index (χ0v) is 20.3. The minimum absolute atomic E-state index is 0. The minimum Gasteiger partial charge on any atom is -0.497 e. The molecule has 8 heteroatoms. The summed E-state index contributed by atoms with van der Waals surface area (Å²) in [6, 6.07) is 17.4. The molecule has 0 saturated heterocycles. The van der Waals surface area contributed by atoms with Gasteiger partial charge < -0.3 is 25.0 Å². The summed E-state index contributed by atoms with van der Waals surface area (Å²) in [7, 11) is 5.07. The Hall–Kier alpha value is -2.49. The number of carbonyl (C=O) groups excluding carboxylic acids is 1. The summed E-state index contributed by atoms with van der Waals surface area (Å²) in [4.78, 5) is 18.0. The molecule has 0 saturated carbocycles. The van der Waals surface area contributed by atoms with E-state index in [-0.39, 0.29) is 42.5 Å². The van der Waals surface area contributed by atoms with Gasteiger partial charge in [-0.2, -0.15) is 0 Å². The van der Waals surface area contributed by atoms with E-state index in [9.17, 15) is 4.79 Å². The Bertz CT molecular complexity index is 800. The van der Waals surface area contributed by atoms with E-state index in [1.807, 2.05) is 61.5 Å². The smallest absolute Gasteiger partial charge is 0.241 e. The van der Waals surface area contributed by atoms with Crippen LogP contribution in [0.1, 0.15) is 12.5 Å². The molecular weight excluding hydrogens is 495 g/mol. The molecule has 0 aliphatic heterocycles. The second-order valence-electron chi connectivity index (χ2n) is 6.78. The molecule has 7 nitrogen and oxygen atoms in total. The first-order valence-corrected chi connectivity index (χ1v) is 9.55. The zero-order valence-electron chi connectivity index (χ0n) is 17.9. The van der Waals surface area contributed by atoms with Gasteiger partial charge in [-0.15, -0.1) is 24.0 Å². The fourth-order valence-corrected chi connectivity index (χ4v) is 2.43. The monoisotopic (exact) mass is 526 g/mol. The van der Waals surface area contributed by atoms with Crippen LogP contribution in [0.15, 0.2) is 59.6 Å². The number of carbonyl (C=O) groups is 1. The lowest BCUT2D eigenvalue weighted by molar-refractivity contribution is -0.127. The highest BCUT2D eigenvalue weighted by Gasteiger charge is 2.09. The molecule has 0 bridgehead atoms. The summed E-state index contributed by atoms with van der Waals surface area (Å²) in [5.74, 6) is 2.01. The summed E-state index contributed by atoms with van der Waals surface area (Å²) in [5, 5.41) is 6.33. The van der Waals surface area contributed by atoms with Gasteiger partial charge in [0.05, 0.1) is 26.7 Å². The van der Waals surface area contributed by atoms with Gasteiger partial charge >= 0.3 is 0 Å². The first-order chi connectivity index (χ1) is 14.0. The Morgan fingerprint density at radius 1 is 1.07 bits per heavy atom. The number of aliphatic imine (C=N–C) groups is 1. The average Bonchev–Trinajstić information content (AvgIpc) is 2.73. The Balaban J connectivity index is 0.00000450. The molecule has 1 atom stereocenters. The highest BCUT2D eigenvalue weighted by atomic mass is 127. The van der Waals surface area contributed by atoms with Crippen LogP contribution in [0.25, 0.3) is 0 Å². The van der Waals surface area contributed by atoms with E-state index in [1.165, 1.54) is 4.90 Å². The van der Waals surface area contributed by atoms with Crippen molar-refractivity contribution in [2.45, 2.75) is 19.6 Å². The molecule has 164 valence electrons. The number of methoxy groups -OCH3 is 1. The third kappa shape index (κ3) is 9.34. The summed E-state index contributed by atoms with van der Waals surface area (Å²) in [6.07, 6.45) is -0.115. The number of benzene rings is 2. The van der Waals surface area contributed by atoms with Gasteiger partial charge in [0.15, 0.2) is 5.96 Å². The SMILES string of the molecule is COc1cccc(OC(C)CNC(=NCc2ccccc2)NCC(=O)N(C)C)c1.I. The van der Waals surface area contributed by atoms with Crippen LogP contribution in [0.5, 0.6) is 11.5 Å². The van der Waals surface area contributed by atoms with Crippen molar-refractivity contribution >= 4 is 35.8 Å². The molecule has 30 heavy (non-hydrogen) atoms. The predicted octanol–water partition coefficient (Wildman–Crippen LogP) is 2.90. The average molecular weight is 526 g/mol. The number of rotatable bonds is 9. The second-order valence-corrected chi connectivity index (χ2v) is 6.78. The van der Waals surface area contributed by atoms with E-state index in [2.05, 4.69) is 15.6 Å². The lowest BCUT2D eigenvalue weighted by Crippen LogP contribution is -2.45.